The summed E-state index contributed by atoms with van der Waals surface area (Å²) in [6.45, 7) is 5.03. The second-order valence-corrected chi connectivity index (χ2v) is 4.96. The lowest BCUT2D eigenvalue weighted by molar-refractivity contribution is 0.402. The van der Waals surface area contributed by atoms with Crippen molar-refractivity contribution in [1.29, 1.82) is 0 Å². The van der Waals surface area contributed by atoms with Gasteiger partial charge in [0.25, 0.3) is 0 Å². The Morgan fingerprint density at radius 1 is 1.00 bits per heavy atom. The maximum atomic E-state index is 5.50. The van der Waals surface area contributed by atoms with Gasteiger partial charge in [0.15, 0.2) is 0 Å². The molecule has 112 valence electrons. The summed E-state index contributed by atoms with van der Waals surface area (Å²) in [6, 6.07) is 14.5. The Morgan fingerprint density at radius 2 is 1.71 bits per heavy atom. The Morgan fingerprint density at radius 3 is 2.38 bits per heavy atom. The van der Waals surface area contributed by atoms with Gasteiger partial charge < -0.3 is 14.8 Å². The average molecular weight is 285 g/mol. The normalized spacial score (nSPS) is 12.0. The smallest absolute Gasteiger partial charge is 0.123 e. The first kappa shape index (κ1) is 15.4. The van der Waals surface area contributed by atoms with Crippen LogP contribution in [0.5, 0.6) is 11.5 Å². The molecule has 0 aromatic heterocycles. The van der Waals surface area contributed by atoms with Crippen molar-refractivity contribution in [2.45, 2.75) is 19.9 Å². The van der Waals surface area contributed by atoms with Crippen LogP contribution in [0.4, 0.5) is 0 Å². The Kier molecular flexibility index (Phi) is 5.23. The molecule has 0 amide bonds. The Balaban J connectivity index is 2.48. The van der Waals surface area contributed by atoms with Gasteiger partial charge in [-0.15, -0.1) is 0 Å². The van der Waals surface area contributed by atoms with E-state index >= 15 is 0 Å². The van der Waals surface area contributed by atoms with E-state index in [1.165, 1.54) is 5.56 Å². The first-order valence-electron chi connectivity index (χ1n) is 7.22. The second kappa shape index (κ2) is 7.14. The number of hydrogen-bond acceptors (Lipinski definition) is 3. The molecule has 2 rings (SSSR count). The van der Waals surface area contributed by atoms with E-state index in [1.54, 1.807) is 14.2 Å². The number of rotatable bonds is 6. The van der Waals surface area contributed by atoms with Crippen molar-refractivity contribution < 1.29 is 9.47 Å². The van der Waals surface area contributed by atoms with Crippen molar-refractivity contribution in [3.8, 4) is 11.5 Å². The van der Waals surface area contributed by atoms with E-state index in [0.717, 1.165) is 29.2 Å². The highest BCUT2D eigenvalue weighted by Gasteiger charge is 2.18. The van der Waals surface area contributed by atoms with Gasteiger partial charge in [0.2, 0.25) is 0 Å². The lowest BCUT2D eigenvalue weighted by Crippen LogP contribution is -2.22. The Bertz CT molecular complexity index is 596. The number of methoxy groups -OCH3 is 2. The van der Waals surface area contributed by atoms with Gasteiger partial charge in [0.1, 0.15) is 11.5 Å². The van der Waals surface area contributed by atoms with E-state index in [4.69, 9.17) is 9.47 Å². The molecule has 0 fully saturated rings. The first-order valence-corrected chi connectivity index (χ1v) is 7.22. The summed E-state index contributed by atoms with van der Waals surface area (Å²) in [5.41, 5.74) is 3.44. The fourth-order valence-corrected chi connectivity index (χ4v) is 2.53. The van der Waals surface area contributed by atoms with E-state index in [9.17, 15) is 0 Å². The van der Waals surface area contributed by atoms with E-state index in [2.05, 4.69) is 36.5 Å². The van der Waals surface area contributed by atoms with Gasteiger partial charge in [-0.2, -0.15) is 0 Å². The average Bonchev–Trinajstić information content (AvgIpc) is 2.53. The van der Waals surface area contributed by atoms with Crippen molar-refractivity contribution in [1.82, 2.24) is 5.32 Å². The second-order valence-electron chi connectivity index (χ2n) is 4.96. The largest absolute Gasteiger partial charge is 0.496 e. The maximum absolute atomic E-state index is 5.50. The van der Waals surface area contributed by atoms with Gasteiger partial charge in [-0.25, -0.2) is 0 Å². The zero-order chi connectivity index (χ0) is 15.2. The number of nitrogens with one attached hydrogen (secondary N) is 1. The molecule has 1 atom stereocenters. The highest BCUT2D eigenvalue weighted by molar-refractivity contribution is 5.45. The van der Waals surface area contributed by atoms with Gasteiger partial charge in [-0.05, 0) is 36.7 Å². The highest BCUT2D eigenvalue weighted by Crippen LogP contribution is 2.32. The number of ether oxygens (including phenoxy) is 2. The molecule has 0 saturated heterocycles. The fourth-order valence-electron chi connectivity index (χ4n) is 2.53. The molecule has 1 unspecified atom stereocenters. The van der Waals surface area contributed by atoms with E-state index in [0.29, 0.717) is 0 Å². The third-order valence-electron chi connectivity index (χ3n) is 3.62. The lowest BCUT2D eigenvalue weighted by atomic mass is 9.96. The molecule has 0 heterocycles. The summed E-state index contributed by atoms with van der Waals surface area (Å²) in [7, 11) is 3.41. The molecule has 0 bridgehead atoms. The predicted molar refractivity (Wildman–Crippen MR) is 86.2 cm³/mol. The molecule has 1 N–H and O–H groups in total. The molecule has 0 aliphatic heterocycles. The van der Waals surface area contributed by atoms with Gasteiger partial charge >= 0.3 is 0 Å². The van der Waals surface area contributed by atoms with Gasteiger partial charge in [-0.3, -0.25) is 0 Å². The van der Waals surface area contributed by atoms with E-state index < -0.39 is 0 Å². The third kappa shape index (κ3) is 3.37. The number of hydrogen-bond donors (Lipinski definition) is 1. The zero-order valence-corrected chi connectivity index (χ0v) is 13.1. The maximum Gasteiger partial charge on any atom is 0.123 e. The fraction of sp³-hybridized carbons (Fsp3) is 0.333. The van der Waals surface area contributed by atoms with Crippen LogP contribution < -0.4 is 14.8 Å². The van der Waals surface area contributed by atoms with Crippen molar-refractivity contribution in [2.75, 3.05) is 20.8 Å². The van der Waals surface area contributed by atoms with Crippen LogP contribution in [0.25, 0.3) is 0 Å². The van der Waals surface area contributed by atoms with E-state index in [-0.39, 0.29) is 6.04 Å². The molecule has 2 aromatic carbocycles. The highest BCUT2D eigenvalue weighted by atomic mass is 16.5. The summed E-state index contributed by atoms with van der Waals surface area (Å²) in [5.74, 6) is 1.80. The molecule has 0 spiro atoms. The van der Waals surface area contributed by atoms with Gasteiger partial charge in [0, 0.05) is 5.56 Å². The summed E-state index contributed by atoms with van der Waals surface area (Å²) < 4.78 is 11.0. The van der Waals surface area contributed by atoms with Crippen LogP contribution in [0.2, 0.25) is 0 Å². The summed E-state index contributed by atoms with van der Waals surface area (Å²) in [4.78, 5) is 0. The minimum atomic E-state index is 0.0839. The predicted octanol–water partition coefficient (Wildman–Crippen LogP) is 3.71. The monoisotopic (exact) mass is 285 g/mol. The van der Waals surface area contributed by atoms with Crippen LogP contribution in [0.15, 0.2) is 42.5 Å². The summed E-state index contributed by atoms with van der Waals surface area (Å²) >= 11 is 0. The molecule has 0 radical (unpaired) electrons. The summed E-state index contributed by atoms with van der Waals surface area (Å²) in [6.07, 6.45) is 0. The molecule has 2 aromatic rings. The molecule has 0 aliphatic rings. The standard InChI is InChI=1S/C18H23NO2/c1-5-19-18(15-8-6-7-9-16(15)20-3)14-11-10-13(2)17(12-14)21-4/h6-12,18-19H,5H2,1-4H3. The van der Waals surface area contributed by atoms with Crippen LogP contribution in [0.1, 0.15) is 29.7 Å². The number of aryl methyl sites for hydroxylation is 1. The molecule has 0 aliphatic carbocycles. The lowest BCUT2D eigenvalue weighted by Gasteiger charge is -2.22. The molecule has 3 nitrogen and oxygen atoms in total. The number of para-hydroxylation sites is 1. The molecule has 0 saturated carbocycles. The SMILES string of the molecule is CCNC(c1ccc(C)c(OC)c1)c1ccccc1OC. The van der Waals surface area contributed by atoms with Crippen molar-refractivity contribution in [2.24, 2.45) is 0 Å². The zero-order valence-electron chi connectivity index (χ0n) is 13.1. The minimum absolute atomic E-state index is 0.0839. The molecular weight excluding hydrogens is 262 g/mol. The molecule has 3 heteroatoms. The van der Waals surface area contributed by atoms with Gasteiger partial charge in [0.05, 0.1) is 20.3 Å². The minimum Gasteiger partial charge on any atom is -0.496 e. The summed E-state index contributed by atoms with van der Waals surface area (Å²) in [5, 5.41) is 3.53. The first-order chi connectivity index (χ1) is 10.2. The topological polar surface area (TPSA) is 30.5 Å². The van der Waals surface area contributed by atoms with Crippen LogP contribution >= 0.6 is 0 Å². The molecular formula is C18H23NO2. The Hall–Kier alpha value is -2.00. The van der Waals surface area contributed by atoms with Crippen molar-refractivity contribution >= 4 is 0 Å². The van der Waals surface area contributed by atoms with Crippen LogP contribution in [0, 0.1) is 6.92 Å². The van der Waals surface area contributed by atoms with Gasteiger partial charge in [-0.1, -0.05) is 37.3 Å². The molecule has 21 heavy (non-hydrogen) atoms. The Labute approximate surface area is 126 Å². The third-order valence-corrected chi connectivity index (χ3v) is 3.62. The number of benzene rings is 2. The van der Waals surface area contributed by atoms with Crippen LogP contribution in [-0.4, -0.2) is 20.8 Å². The quantitative estimate of drug-likeness (QED) is 0.877. The van der Waals surface area contributed by atoms with E-state index in [1.807, 2.05) is 25.1 Å². The van der Waals surface area contributed by atoms with Crippen LogP contribution in [0.3, 0.4) is 0 Å². The van der Waals surface area contributed by atoms with Crippen LogP contribution in [-0.2, 0) is 0 Å². The van der Waals surface area contributed by atoms with Crippen molar-refractivity contribution in [3.05, 3.63) is 59.2 Å². The van der Waals surface area contributed by atoms with Crippen molar-refractivity contribution in [3.63, 3.8) is 0 Å².